The van der Waals surface area contributed by atoms with Gasteiger partial charge in [0.1, 0.15) is 11.9 Å². The Labute approximate surface area is 186 Å². The second-order valence-electron chi connectivity index (χ2n) is 11.0. The molecule has 0 aliphatic heterocycles. The topological polar surface area (TPSA) is 69.7 Å². The molecule has 0 amide bonds. The van der Waals surface area contributed by atoms with Gasteiger partial charge in [0.05, 0.1) is 0 Å². The summed E-state index contributed by atoms with van der Waals surface area (Å²) in [7, 11) is 0. The van der Waals surface area contributed by atoms with E-state index < -0.39 is 6.16 Å². The lowest BCUT2D eigenvalue weighted by molar-refractivity contribution is -0.134. The molecule has 0 bridgehead atoms. The number of ether oxygens (including phenoxy) is 2. The highest BCUT2D eigenvalue weighted by molar-refractivity contribution is 5.85. The molecule has 4 aliphatic rings. The van der Waals surface area contributed by atoms with Gasteiger partial charge in [0.25, 0.3) is 0 Å². The monoisotopic (exact) mass is 430 g/mol. The molecule has 4 aliphatic carbocycles. The van der Waals surface area contributed by atoms with Crippen LogP contribution < -0.4 is 0 Å². The Morgan fingerprint density at radius 3 is 2.68 bits per heavy atom. The number of ketones is 2. The predicted octanol–water partition coefficient (Wildman–Crippen LogP) is 5.66. The molecule has 0 N–H and O–H groups in total. The third kappa shape index (κ3) is 3.87. The van der Waals surface area contributed by atoms with E-state index in [0.717, 1.165) is 44.9 Å². The Bertz CT molecular complexity index is 785. The Morgan fingerprint density at radius 1 is 1.16 bits per heavy atom. The van der Waals surface area contributed by atoms with E-state index in [1.807, 2.05) is 13.8 Å². The van der Waals surface area contributed by atoms with Crippen molar-refractivity contribution in [3.63, 3.8) is 0 Å². The van der Waals surface area contributed by atoms with Crippen molar-refractivity contribution in [1.82, 2.24) is 0 Å². The second-order valence-corrected chi connectivity index (χ2v) is 11.0. The second kappa shape index (κ2) is 8.37. The quantitative estimate of drug-likeness (QED) is 0.416. The van der Waals surface area contributed by atoms with E-state index in [9.17, 15) is 14.4 Å². The standard InChI is InChI=1S/C26H38O5/c1-5-16(2)31-24(29)30-15-23(28)22-9-8-20-19-7-6-17-14-18(27)10-12-25(17,3)21(19)11-13-26(20,22)4/h6,16,19-22H,5,7-15H2,1-4H3. The zero-order chi connectivity index (χ0) is 22.4. The number of hydrogen-bond donors (Lipinski definition) is 0. The van der Waals surface area contributed by atoms with Gasteiger partial charge in [-0.1, -0.05) is 32.4 Å². The molecule has 31 heavy (non-hydrogen) atoms. The SMILES string of the molecule is CCC(C)OC(=O)OCC(=O)C1CCC2C3CC=C4CC(=O)CCC4(C)C3CCC12C. The molecule has 0 radical (unpaired) electrons. The summed E-state index contributed by atoms with van der Waals surface area (Å²) in [6.45, 7) is 8.26. The van der Waals surface area contributed by atoms with Crippen LogP contribution in [0.25, 0.3) is 0 Å². The van der Waals surface area contributed by atoms with Gasteiger partial charge in [0.2, 0.25) is 0 Å². The fourth-order valence-corrected chi connectivity index (χ4v) is 7.52. The van der Waals surface area contributed by atoms with Crippen molar-refractivity contribution >= 4 is 17.7 Å². The molecule has 3 saturated carbocycles. The lowest BCUT2D eigenvalue weighted by Crippen LogP contribution is -2.51. The van der Waals surface area contributed by atoms with Crippen LogP contribution in [0.3, 0.4) is 0 Å². The van der Waals surface area contributed by atoms with Crippen molar-refractivity contribution in [3.8, 4) is 0 Å². The van der Waals surface area contributed by atoms with Crippen molar-refractivity contribution in [2.75, 3.05) is 6.61 Å². The molecule has 0 saturated heterocycles. The van der Waals surface area contributed by atoms with Crippen molar-refractivity contribution in [2.45, 2.75) is 91.6 Å². The van der Waals surface area contributed by atoms with Gasteiger partial charge in [-0.05, 0) is 80.5 Å². The van der Waals surface area contributed by atoms with Gasteiger partial charge < -0.3 is 9.47 Å². The van der Waals surface area contributed by atoms with Crippen LogP contribution in [-0.2, 0) is 19.1 Å². The van der Waals surface area contributed by atoms with Crippen LogP contribution in [0.15, 0.2) is 11.6 Å². The molecule has 4 rings (SSSR count). The van der Waals surface area contributed by atoms with Gasteiger partial charge >= 0.3 is 6.16 Å². The molecule has 0 aromatic heterocycles. The van der Waals surface area contributed by atoms with Crippen LogP contribution in [0.5, 0.6) is 0 Å². The van der Waals surface area contributed by atoms with Crippen molar-refractivity contribution < 1.29 is 23.9 Å². The van der Waals surface area contributed by atoms with E-state index in [0.29, 0.717) is 36.4 Å². The molecule has 0 spiro atoms. The molecule has 0 aromatic carbocycles. The fourth-order valence-electron chi connectivity index (χ4n) is 7.52. The predicted molar refractivity (Wildman–Crippen MR) is 117 cm³/mol. The first kappa shape index (κ1) is 22.5. The number of hydrogen-bond acceptors (Lipinski definition) is 5. The molecule has 7 atom stereocenters. The van der Waals surface area contributed by atoms with Crippen LogP contribution in [0.2, 0.25) is 0 Å². The van der Waals surface area contributed by atoms with E-state index in [2.05, 4.69) is 19.9 Å². The normalized spacial score (nSPS) is 40.1. The van der Waals surface area contributed by atoms with Gasteiger partial charge in [-0.3, -0.25) is 9.59 Å². The molecule has 5 heteroatoms. The van der Waals surface area contributed by atoms with Gasteiger partial charge in [0, 0.05) is 18.8 Å². The average molecular weight is 431 g/mol. The summed E-state index contributed by atoms with van der Waals surface area (Å²) in [6.07, 6.45) is 9.66. The third-order valence-electron chi connectivity index (χ3n) is 9.53. The number of rotatable bonds is 5. The first-order valence-corrected chi connectivity index (χ1v) is 12.3. The lowest BCUT2D eigenvalue weighted by Gasteiger charge is -2.57. The van der Waals surface area contributed by atoms with Crippen LogP contribution in [0.4, 0.5) is 4.79 Å². The molecular formula is C26H38O5. The van der Waals surface area contributed by atoms with Crippen molar-refractivity contribution in [3.05, 3.63) is 11.6 Å². The molecule has 7 unspecified atom stereocenters. The molecule has 172 valence electrons. The van der Waals surface area contributed by atoms with Crippen LogP contribution >= 0.6 is 0 Å². The maximum Gasteiger partial charge on any atom is 0.508 e. The molecular weight excluding hydrogens is 392 g/mol. The van der Waals surface area contributed by atoms with E-state index >= 15 is 0 Å². The summed E-state index contributed by atoms with van der Waals surface area (Å²) in [5.41, 5.74) is 1.52. The van der Waals surface area contributed by atoms with E-state index in [4.69, 9.17) is 9.47 Å². The molecule has 0 heterocycles. The van der Waals surface area contributed by atoms with E-state index in [1.165, 1.54) is 5.57 Å². The van der Waals surface area contributed by atoms with Gasteiger partial charge in [-0.15, -0.1) is 0 Å². The molecule has 3 fully saturated rings. The Balaban J connectivity index is 1.44. The smallest absolute Gasteiger partial charge is 0.431 e. The number of fused-ring (bicyclic) bond motifs is 5. The Hall–Kier alpha value is -1.65. The minimum Gasteiger partial charge on any atom is -0.431 e. The summed E-state index contributed by atoms with van der Waals surface area (Å²) in [6, 6.07) is 0. The van der Waals surface area contributed by atoms with Crippen LogP contribution in [0, 0.1) is 34.5 Å². The highest BCUT2D eigenvalue weighted by atomic mass is 16.7. The zero-order valence-electron chi connectivity index (χ0n) is 19.6. The maximum atomic E-state index is 13.1. The minimum atomic E-state index is -0.740. The van der Waals surface area contributed by atoms with Gasteiger partial charge in [-0.25, -0.2) is 4.79 Å². The first-order chi connectivity index (χ1) is 14.7. The summed E-state index contributed by atoms with van der Waals surface area (Å²) < 4.78 is 10.3. The highest BCUT2D eigenvalue weighted by Gasteiger charge is 2.59. The summed E-state index contributed by atoms with van der Waals surface area (Å²) in [4.78, 5) is 37.0. The first-order valence-electron chi connectivity index (χ1n) is 12.3. The van der Waals surface area contributed by atoms with E-state index in [1.54, 1.807) is 0 Å². The largest absolute Gasteiger partial charge is 0.508 e. The van der Waals surface area contributed by atoms with Gasteiger partial charge in [-0.2, -0.15) is 0 Å². The van der Waals surface area contributed by atoms with Crippen molar-refractivity contribution in [2.24, 2.45) is 34.5 Å². The number of carbonyl (C=O) groups excluding carboxylic acids is 3. The maximum absolute atomic E-state index is 13.1. The average Bonchev–Trinajstić information content (AvgIpc) is 3.09. The Morgan fingerprint density at radius 2 is 1.94 bits per heavy atom. The summed E-state index contributed by atoms with van der Waals surface area (Å²) in [5.74, 6) is 2.14. The van der Waals surface area contributed by atoms with E-state index in [-0.39, 0.29) is 35.2 Å². The van der Waals surface area contributed by atoms with Crippen molar-refractivity contribution in [1.29, 1.82) is 0 Å². The van der Waals surface area contributed by atoms with Crippen LogP contribution in [-0.4, -0.2) is 30.4 Å². The molecule has 5 nitrogen and oxygen atoms in total. The minimum absolute atomic E-state index is 0.0194. The Kier molecular flexibility index (Phi) is 6.08. The molecule has 0 aromatic rings. The number of carbonyl (C=O) groups is 3. The fraction of sp³-hybridized carbons (Fsp3) is 0.808. The lowest BCUT2D eigenvalue weighted by atomic mass is 9.47. The van der Waals surface area contributed by atoms with Gasteiger partial charge in [0.15, 0.2) is 12.4 Å². The third-order valence-corrected chi connectivity index (χ3v) is 9.53. The van der Waals surface area contributed by atoms with Crippen LogP contribution in [0.1, 0.15) is 85.5 Å². The summed E-state index contributed by atoms with van der Waals surface area (Å²) in [5, 5.41) is 0. The summed E-state index contributed by atoms with van der Waals surface area (Å²) >= 11 is 0. The number of allylic oxidation sites excluding steroid dienone is 2. The number of Topliss-reactive ketones (excluding diaryl/α,β-unsaturated/α-hetero) is 2. The highest BCUT2D eigenvalue weighted by Crippen LogP contribution is 2.66. The zero-order valence-corrected chi connectivity index (χ0v) is 19.6.